The number of benzene rings is 1. The van der Waals surface area contributed by atoms with Crippen LogP contribution in [0, 0.1) is 17.0 Å². The van der Waals surface area contributed by atoms with Gasteiger partial charge in [0.1, 0.15) is 15.7 Å². The number of anilines is 1. The highest BCUT2D eigenvalue weighted by molar-refractivity contribution is 7.17. The smallest absolute Gasteiger partial charge is 0.350 e. The second-order valence-electron chi connectivity index (χ2n) is 6.89. The molecule has 1 aliphatic rings. The Morgan fingerprint density at radius 3 is 2.64 bits per heavy atom. The molecule has 3 heterocycles. The van der Waals surface area contributed by atoms with Gasteiger partial charge in [0.2, 0.25) is 0 Å². The molecule has 0 saturated carbocycles. The Hall–Kier alpha value is -4.39. The molecule has 13 heteroatoms. The summed E-state index contributed by atoms with van der Waals surface area (Å²) in [5.74, 6) is -2.42. The fourth-order valence-electron chi connectivity index (χ4n) is 3.43. The standard InChI is InChI=1S/C20H15N5O7S/c1-3-32-20(29)15-8(2)22-19(33-15)10-6-9(25(30)31)4-5-12(10)24-13(26)7-11-14(16(24)21)18(28)23-17(11)27/h4-7H,3,21H2,1-2H3,(H,23,27,28). The molecule has 4 rings (SSSR count). The third-order valence-corrected chi connectivity index (χ3v) is 6.04. The number of esters is 1. The number of fused-ring (bicyclic) bond motifs is 1. The predicted octanol–water partition coefficient (Wildman–Crippen LogP) is 1.82. The molecule has 168 valence electrons. The maximum absolute atomic E-state index is 12.9. The van der Waals surface area contributed by atoms with Gasteiger partial charge in [-0.1, -0.05) is 0 Å². The summed E-state index contributed by atoms with van der Waals surface area (Å²) in [5.41, 5.74) is 5.31. The molecule has 3 aromatic rings. The molecule has 3 N–H and O–H groups in total. The van der Waals surface area contributed by atoms with E-state index in [1.54, 1.807) is 13.8 Å². The van der Waals surface area contributed by atoms with E-state index in [0.717, 1.165) is 28.0 Å². The Balaban J connectivity index is 1.99. The quantitative estimate of drug-likeness (QED) is 0.244. The van der Waals surface area contributed by atoms with Crippen LogP contribution < -0.4 is 16.6 Å². The van der Waals surface area contributed by atoms with Crippen molar-refractivity contribution in [2.75, 3.05) is 12.3 Å². The van der Waals surface area contributed by atoms with Gasteiger partial charge in [0.15, 0.2) is 0 Å². The summed E-state index contributed by atoms with van der Waals surface area (Å²) in [6.07, 6.45) is 0. The van der Waals surface area contributed by atoms with Gasteiger partial charge in [0.25, 0.3) is 23.1 Å². The number of pyridine rings is 1. The van der Waals surface area contributed by atoms with Gasteiger partial charge in [-0.25, -0.2) is 9.78 Å². The number of nitrogens with one attached hydrogen (secondary N) is 1. The number of carbonyl (C=O) groups excluding carboxylic acids is 3. The molecule has 12 nitrogen and oxygen atoms in total. The first kappa shape index (κ1) is 21.8. The molecule has 0 fully saturated rings. The first-order valence-corrected chi connectivity index (χ1v) is 10.3. The van der Waals surface area contributed by atoms with Crippen LogP contribution >= 0.6 is 11.3 Å². The van der Waals surface area contributed by atoms with Crippen LogP contribution in [0.3, 0.4) is 0 Å². The van der Waals surface area contributed by atoms with Crippen molar-refractivity contribution in [2.24, 2.45) is 0 Å². The van der Waals surface area contributed by atoms with Gasteiger partial charge in [-0.15, -0.1) is 11.3 Å². The largest absolute Gasteiger partial charge is 0.462 e. The average molecular weight is 469 g/mol. The Morgan fingerprint density at radius 1 is 1.24 bits per heavy atom. The van der Waals surface area contributed by atoms with E-state index in [2.05, 4.69) is 10.3 Å². The summed E-state index contributed by atoms with van der Waals surface area (Å²) in [4.78, 5) is 64.5. The maximum atomic E-state index is 12.9. The van der Waals surface area contributed by atoms with E-state index in [9.17, 15) is 29.3 Å². The molecule has 0 spiro atoms. The van der Waals surface area contributed by atoms with Crippen LogP contribution in [0.5, 0.6) is 0 Å². The van der Waals surface area contributed by atoms with Crippen molar-refractivity contribution in [3.05, 3.63) is 66.4 Å². The Kier molecular flexibility index (Phi) is 5.25. The van der Waals surface area contributed by atoms with E-state index in [1.165, 1.54) is 12.1 Å². The Bertz CT molecular complexity index is 1440. The lowest BCUT2D eigenvalue weighted by molar-refractivity contribution is -0.384. The number of nitrogen functional groups attached to an aromatic ring is 1. The van der Waals surface area contributed by atoms with Crippen LogP contribution in [-0.4, -0.2) is 38.9 Å². The fourth-order valence-corrected chi connectivity index (χ4v) is 4.41. The number of amides is 2. The van der Waals surface area contributed by atoms with E-state index < -0.39 is 28.3 Å². The Labute approximate surface area is 188 Å². The third-order valence-electron chi connectivity index (χ3n) is 4.87. The van der Waals surface area contributed by atoms with Crippen molar-refractivity contribution >= 4 is 40.6 Å². The fraction of sp³-hybridized carbons (Fsp3) is 0.150. The number of aromatic nitrogens is 2. The second-order valence-corrected chi connectivity index (χ2v) is 7.89. The summed E-state index contributed by atoms with van der Waals surface area (Å²) in [6, 6.07) is 4.60. The van der Waals surface area contributed by atoms with Gasteiger partial charge in [-0.05, 0) is 19.9 Å². The molecule has 0 bridgehead atoms. The summed E-state index contributed by atoms with van der Waals surface area (Å²) in [5, 5.41) is 13.7. The zero-order valence-electron chi connectivity index (χ0n) is 17.2. The number of nitro groups is 1. The van der Waals surface area contributed by atoms with Crippen LogP contribution in [0.4, 0.5) is 11.5 Å². The zero-order valence-corrected chi connectivity index (χ0v) is 18.0. The molecule has 0 atom stereocenters. The van der Waals surface area contributed by atoms with Crippen LogP contribution in [0.25, 0.3) is 16.3 Å². The number of aryl methyl sites for hydroxylation is 1. The van der Waals surface area contributed by atoms with E-state index in [0.29, 0.717) is 5.69 Å². The maximum Gasteiger partial charge on any atom is 0.350 e. The number of rotatable bonds is 5. The van der Waals surface area contributed by atoms with Crippen molar-refractivity contribution in [3.8, 4) is 16.3 Å². The topological polar surface area (TPSA) is 177 Å². The molecule has 33 heavy (non-hydrogen) atoms. The highest BCUT2D eigenvalue weighted by atomic mass is 32.1. The van der Waals surface area contributed by atoms with Gasteiger partial charge in [0, 0.05) is 23.8 Å². The predicted molar refractivity (Wildman–Crippen MR) is 117 cm³/mol. The molecule has 0 radical (unpaired) electrons. The molecule has 0 saturated heterocycles. The normalized spacial score (nSPS) is 12.4. The van der Waals surface area contributed by atoms with E-state index in [1.807, 2.05) is 0 Å². The lowest BCUT2D eigenvalue weighted by atomic mass is 10.1. The van der Waals surface area contributed by atoms with Gasteiger partial charge < -0.3 is 10.5 Å². The number of hydrogen-bond donors (Lipinski definition) is 2. The van der Waals surface area contributed by atoms with Crippen molar-refractivity contribution < 1.29 is 24.0 Å². The summed E-state index contributed by atoms with van der Waals surface area (Å²) in [7, 11) is 0. The molecule has 1 aliphatic heterocycles. The number of non-ortho nitro benzene ring substituents is 1. The van der Waals surface area contributed by atoms with E-state index in [4.69, 9.17) is 10.5 Å². The average Bonchev–Trinajstić information content (AvgIpc) is 3.27. The van der Waals surface area contributed by atoms with Crippen LogP contribution in [0.15, 0.2) is 29.1 Å². The minimum atomic E-state index is -0.764. The van der Waals surface area contributed by atoms with Crippen molar-refractivity contribution in [2.45, 2.75) is 13.8 Å². The monoisotopic (exact) mass is 469 g/mol. The van der Waals surface area contributed by atoms with Crippen molar-refractivity contribution in [1.82, 2.24) is 14.9 Å². The molecule has 1 aromatic carbocycles. The number of carbonyl (C=O) groups is 3. The second kappa shape index (κ2) is 7.94. The zero-order chi connectivity index (χ0) is 24.0. The third kappa shape index (κ3) is 3.53. The van der Waals surface area contributed by atoms with Gasteiger partial charge in [0.05, 0.1) is 34.0 Å². The highest BCUT2D eigenvalue weighted by Crippen LogP contribution is 2.36. The number of nitrogens with zero attached hydrogens (tertiary/aromatic N) is 3. The highest BCUT2D eigenvalue weighted by Gasteiger charge is 2.32. The van der Waals surface area contributed by atoms with E-state index >= 15 is 0 Å². The number of ether oxygens (including phenoxy) is 1. The lowest BCUT2D eigenvalue weighted by Gasteiger charge is -2.14. The first-order chi connectivity index (χ1) is 15.6. The minimum Gasteiger partial charge on any atom is -0.462 e. The molecular weight excluding hydrogens is 454 g/mol. The van der Waals surface area contributed by atoms with Crippen LogP contribution in [-0.2, 0) is 4.74 Å². The van der Waals surface area contributed by atoms with Gasteiger partial charge in [-0.3, -0.25) is 34.4 Å². The number of nitro benzene ring substituents is 1. The van der Waals surface area contributed by atoms with E-state index in [-0.39, 0.29) is 50.4 Å². The summed E-state index contributed by atoms with van der Waals surface area (Å²) < 4.78 is 5.99. The summed E-state index contributed by atoms with van der Waals surface area (Å²) in [6.45, 7) is 3.38. The number of thiazole rings is 1. The Morgan fingerprint density at radius 2 is 1.97 bits per heavy atom. The lowest BCUT2D eigenvalue weighted by Crippen LogP contribution is -2.24. The van der Waals surface area contributed by atoms with Gasteiger partial charge in [-0.2, -0.15) is 0 Å². The number of imide groups is 1. The van der Waals surface area contributed by atoms with Crippen molar-refractivity contribution in [3.63, 3.8) is 0 Å². The van der Waals surface area contributed by atoms with Gasteiger partial charge >= 0.3 is 5.97 Å². The van der Waals surface area contributed by atoms with Crippen LogP contribution in [0.2, 0.25) is 0 Å². The molecule has 2 amide bonds. The number of nitrogens with two attached hydrogens (primary N) is 1. The van der Waals surface area contributed by atoms with Crippen LogP contribution in [0.1, 0.15) is 43.0 Å². The molecule has 2 aromatic heterocycles. The summed E-state index contributed by atoms with van der Waals surface area (Å²) >= 11 is 0.930. The number of hydrogen-bond acceptors (Lipinski definition) is 10. The molecule has 0 aliphatic carbocycles. The minimum absolute atomic E-state index is 0.0854. The SMILES string of the molecule is CCOC(=O)c1sc(-c2cc([N+](=O)[O-])ccc2-n2c(N)c3c(cc2=O)C(=O)NC3=O)nc1C. The molecular formula is C20H15N5O7S. The first-order valence-electron chi connectivity index (χ1n) is 9.49. The molecule has 0 unspecified atom stereocenters. The van der Waals surface area contributed by atoms with Crippen molar-refractivity contribution in [1.29, 1.82) is 0 Å².